The normalized spacial score (nSPS) is 10.6. The Balaban J connectivity index is 1.59. The number of benzene rings is 2. The summed E-state index contributed by atoms with van der Waals surface area (Å²) < 4.78 is 8.58. The Morgan fingerprint density at radius 2 is 1.90 bits per heavy atom. The van der Waals surface area contributed by atoms with E-state index in [2.05, 4.69) is 20.3 Å². The summed E-state index contributed by atoms with van der Waals surface area (Å²) in [5.41, 5.74) is 5.41. The van der Waals surface area contributed by atoms with Gasteiger partial charge in [0.15, 0.2) is 0 Å². The molecule has 0 amide bonds. The molecule has 2 aromatic heterocycles. The molecule has 0 fully saturated rings. The third-order valence-electron chi connectivity index (χ3n) is 5.06. The van der Waals surface area contributed by atoms with E-state index in [-0.39, 0.29) is 12.3 Å². The van der Waals surface area contributed by atoms with Crippen LogP contribution in [0.3, 0.4) is 0 Å². The van der Waals surface area contributed by atoms with E-state index in [9.17, 15) is 4.79 Å². The second-order valence-electron chi connectivity index (χ2n) is 7.15. The third kappa shape index (κ3) is 3.94. The van der Waals surface area contributed by atoms with Crippen LogP contribution in [0.1, 0.15) is 16.7 Å². The fourth-order valence-corrected chi connectivity index (χ4v) is 3.28. The first-order valence-corrected chi connectivity index (χ1v) is 9.63. The highest BCUT2D eigenvalue weighted by Gasteiger charge is 2.14. The Morgan fingerprint density at radius 1 is 1.06 bits per heavy atom. The first-order valence-electron chi connectivity index (χ1n) is 9.63. The molecule has 154 valence electrons. The van der Waals surface area contributed by atoms with Crippen LogP contribution in [0.15, 0.2) is 59.5 Å². The van der Waals surface area contributed by atoms with Crippen molar-refractivity contribution in [3.05, 3.63) is 93.3 Å². The van der Waals surface area contributed by atoms with Gasteiger partial charge in [-0.3, -0.25) is 4.98 Å². The maximum Gasteiger partial charge on any atom is 0.368 e. The van der Waals surface area contributed by atoms with Crippen molar-refractivity contribution in [3.63, 3.8) is 0 Å². The zero-order chi connectivity index (χ0) is 22.0. The monoisotopic (exact) mass is 412 g/mol. The lowest BCUT2D eigenvalue weighted by molar-refractivity contribution is 0.302. The van der Waals surface area contributed by atoms with Gasteiger partial charge in [0.1, 0.15) is 12.4 Å². The molecule has 2 heterocycles. The quantitative estimate of drug-likeness (QED) is 0.466. The van der Waals surface area contributed by atoms with Gasteiger partial charge in [-0.25, -0.2) is 9.64 Å². The number of nitrogens with zero attached hydrogens (tertiary/aromatic N) is 6. The number of hydrogen-bond donors (Lipinski definition) is 0. The topological polar surface area (TPSA) is 79.2 Å². The largest absolute Gasteiger partial charge is 0.489 e. The minimum absolute atomic E-state index is 0.281. The molecule has 8 heteroatoms. The first kappa shape index (κ1) is 20.0. The standard InChI is InChI=1S/C23H20N6O2/c1-15-6-5-7-21(29-23(30)28(4)26-27-29)19(15)14-31-22-11-8-17(12-16(22)2)20-10-9-18(24-3)13-25-20/h5-13H,14H2,1-2,4H3. The molecule has 0 saturated heterocycles. The summed E-state index contributed by atoms with van der Waals surface area (Å²) in [6.45, 7) is 11.3. The molecule has 0 spiro atoms. The maximum atomic E-state index is 12.3. The second kappa shape index (κ2) is 8.24. The Labute approximate surface area is 179 Å². The third-order valence-corrected chi connectivity index (χ3v) is 5.06. The number of aromatic nitrogens is 5. The molecule has 0 aliphatic rings. The summed E-state index contributed by atoms with van der Waals surface area (Å²) >= 11 is 0. The summed E-state index contributed by atoms with van der Waals surface area (Å²) in [6.07, 6.45) is 1.57. The Bertz CT molecular complexity index is 1350. The summed E-state index contributed by atoms with van der Waals surface area (Å²) in [5, 5.41) is 7.75. The molecule has 0 N–H and O–H groups in total. The molecule has 31 heavy (non-hydrogen) atoms. The van der Waals surface area contributed by atoms with Gasteiger partial charge in [0.05, 0.1) is 18.0 Å². The predicted octanol–water partition coefficient (Wildman–Crippen LogP) is 3.77. The number of tetrazole rings is 1. The van der Waals surface area contributed by atoms with Crippen LogP contribution in [-0.2, 0) is 13.7 Å². The SMILES string of the molecule is [C-]#[N+]c1ccc(-c2ccc(OCc3c(C)cccc3-n3nnn(C)c3=O)c(C)c2)nc1. The van der Waals surface area contributed by atoms with Crippen LogP contribution in [0, 0.1) is 20.4 Å². The van der Waals surface area contributed by atoms with Gasteiger partial charge in [0.2, 0.25) is 5.69 Å². The molecular weight excluding hydrogens is 392 g/mol. The number of aryl methyl sites for hydroxylation is 3. The Hall–Kier alpha value is -4.25. The summed E-state index contributed by atoms with van der Waals surface area (Å²) in [7, 11) is 1.56. The van der Waals surface area contributed by atoms with E-state index in [4.69, 9.17) is 11.3 Å². The van der Waals surface area contributed by atoms with Gasteiger partial charge < -0.3 is 4.74 Å². The van der Waals surface area contributed by atoms with E-state index >= 15 is 0 Å². The van der Waals surface area contributed by atoms with Gasteiger partial charge in [-0.2, -0.15) is 9.36 Å². The first-order chi connectivity index (χ1) is 15.0. The van der Waals surface area contributed by atoms with Crippen LogP contribution >= 0.6 is 0 Å². The highest BCUT2D eigenvalue weighted by molar-refractivity contribution is 5.63. The van der Waals surface area contributed by atoms with Gasteiger partial charge in [-0.15, -0.1) is 0 Å². The minimum Gasteiger partial charge on any atom is -0.489 e. The van der Waals surface area contributed by atoms with Gasteiger partial charge in [-0.05, 0) is 65.7 Å². The van der Waals surface area contributed by atoms with Crippen molar-refractivity contribution >= 4 is 5.69 Å². The van der Waals surface area contributed by atoms with Crippen LogP contribution in [0.4, 0.5) is 5.69 Å². The highest BCUT2D eigenvalue weighted by Crippen LogP contribution is 2.27. The molecule has 8 nitrogen and oxygen atoms in total. The average molecular weight is 412 g/mol. The van der Waals surface area contributed by atoms with Gasteiger partial charge >= 0.3 is 5.69 Å². The molecule has 0 atom stereocenters. The fourth-order valence-electron chi connectivity index (χ4n) is 3.28. The van der Waals surface area contributed by atoms with Crippen molar-refractivity contribution in [3.8, 4) is 22.7 Å². The van der Waals surface area contributed by atoms with E-state index in [0.717, 1.165) is 33.7 Å². The molecule has 2 aromatic carbocycles. The second-order valence-corrected chi connectivity index (χ2v) is 7.15. The smallest absolute Gasteiger partial charge is 0.368 e. The zero-order valence-electron chi connectivity index (χ0n) is 17.4. The predicted molar refractivity (Wildman–Crippen MR) is 116 cm³/mol. The Kier molecular flexibility index (Phi) is 5.33. The van der Waals surface area contributed by atoms with E-state index < -0.39 is 0 Å². The molecule has 0 bridgehead atoms. The van der Waals surface area contributed by atoms with Crippen molar-refractivity contribution in [2.75, 3.05) is 0 Å². The van der Waals surface area contributed by atoms with Gasteiger partial charge in [-0.1, -0.05) is 18.2 Å². The molecule has 0 radical (unpaired) electrons. The van der Waals surface area contributed by atoms with Crippen molar-refractivity contribution in [1.82, 2.24) is 24.8 Å². The Morgan fingerprint density at radius 3 is 2.55 bits per heavy atom. The molecule has 0 unspecified atom stereocenters. The van der Waals surface area contributed by atoms with Crippen LogP contribution in [0.2, 0.25) is 0 Å². The average Bonchev–Trinajstić information content (AvgIpc) is 3.11. The van der Waals surface area contributed by atoms with Gasteiger partial charge in [0, 0.05) is 24.4 Å². The van der Waals surface area contributed by atoms with E-state index in [1.54, 1.807) is 19.3 Å². The van der Waals surface area contributed by atoms with Gasteiger partial charge in [0.25, 0.3) is 0 Å². The number of rotatable bonds is 5. The van der Waals surface area contributed by atoms with Crippen LogP contribution in [-0.4, -0.2) is 24.8 Å². The summed E-state index contributed by atoms with van der Waals surface area (Å²) in [5.74, 6) is 0.738. The highest BCUT2D eigenvalue weighted by atomic mass is 16.5. The number of pyridine rings is 1. The maximum absolute atomic E-state index is 12.3. The lowest BCUT2D eigenvalue weighted by atomic mass is 10.1. The summed E-state index contributed by atoms with van der Waals surface area (Å²) in [6, 6.07) is 15.1. The van der Waals surface area contributed by atoms with E-state index in [1.807, 2.05) is 56.3 Å². The van der Waals surface area contributed by atoms with E-state index in [0.29, 0.717) is 11.4 Å². The molecule has 4 rings (SSSR count). The molecular formula is C23H20N6O2. The van der Waals surface area contributed by atoms with Crippen LogP contribution in [0.25, 0.3) is 21.8 Å². The van der Waals surface area contributed by atoms with Crippen LogP contribution in [0.5, 0.6) is 5.75 Å². The van der Waals surface area contributed by atoms with E-state index in [1.165, 1.54) is 9.36 Å². The van der Waals surface area contributed by atoms with Crippen molar-refractivity contribution in [2.45, 2.75) is 20.5 Å². The molecule has 0 aliphatic carbocycles. The summed E-state index contributed by atoms with van der Waals surface area (Å²) in [4.78, 5) is 20.0. The zero-order valence-corrected chi connectivity index (χ0v) is 17.4. The number of hydrogen-bond acceptors (Lipinski definition) is 5. The lowest BCUT2D eigenvalue weighted by Gasteiger charge is -2.15. The van der Waals surface area contributed by atoms with Crippen LogP contribution < -0.4 is 10.4 Å². The fraction of sp³-hybridized carbons (Fsp3) is 0.174. The molecule has 0 aliphatic heterocycles. The van der Waals surface area contributed by atoms with Crippen molar-refractivity contribution in [2.24, 2.45) is 7.05 Å². The lowest BCUT2D eigenvalue weighted by Crippen LogP contribution is -2.23. The van der Waals surface area contributed by atoms with Crippen molar-refractivity contribution in [1.29, 1.82) is 0 Å². The minimum atomic E-state index is -0.316. The molecule has 4 aromatic rings. The molecule has 0 saturated carbocycles. The van der Waals surface area contributed by atoms with Crippen molar-refractivity contribution < 1.29 is 4.74 Å². The number of ether oxygens (including phenoxy) is 1.